The smallest absolute Gasteiger partial charge is 0.158 e. The molecule has 0 saturated heterocycles. The molecule has 0 radical (unpaired) electrons. The Morgan fingerprint density at radius 1 is 1.13 bits per heavy atom. The summed E-state index contributed by atoms with van der Waals surface area (Å²) in [7, 11) is 0. The summed E-state index contributed by atoms with van der Waals surface area (Å²) in [6.45, 7) is 1.53. The number of benzene rings is 1. The number of aromatic nitrogens is 1. The summed E-state index contributed by atoms with van der Waals surface area (Å²) in [5.41, 5.74) is 2.02. The molecular weight excluding hydrogens is 292 g/mol. The Balaban J connectivity index is 1.64. The Morgan fingerprint density at radius 3 is 2.83 bits per heavy atom. The first kappa shape index (κ1) is 15.0. The average molecular weight is 308 g/mol. The van der Waals surface area contributed by atoms with Gasteiger partial charge in [0.2, 0.25) is 0 Å². The van der Waals surface area contributed by atoms with Gasteiger partial charge < -0.3 is 19.6 Å². The van der Waals surface area contributed by atoms with E-state index < -0.39 is 5.97 Å². The number of hydrogen-bond donors (Lipinski definition) is 1. The topological polar surface area (TPSA) is 82.8 Å². The van der Waals surface area contributed by atoms with Crippen molar-refractivity contribution < 1.29 is 19.6 Å². The number of carbonyl (C=O) groups excluding carboxylic acids is 1. The minimum Gasteiger partial charge on any atom is -0.545 e. The van der Waals surface area contributed by atoms with Gasteiger partial charge in [-0.3, -0.25) is 4.98 Å². The quantitative estimate of drug-likeness (QED) is 0.735. The molecule has 0 aliphatic heterocycles. The molecule has 0 amide bonds. The number of carbonyl (C=O) groups is 1. The zero-order valence-corrected chi connectivity index (χ0v) is 12.4. The van der Waals surface area contributed by atoms with Crippen LogP contribution in [-0.4, -0.2) is 11.0 Å². The second kappa shape index (κ2) is 6.89. The molecule has 5 nitrogen and oxygen atoms in total. The molecule has 1 aromatic carbocycles. The number of furan rings is 1. The molecule has 0 spiro atoms. The van der Waals surface area contributed by atoms with E-state index in [4.69, 9.17) is 4.42 Å². The Hall–Kier alpha value is -2.92. The highest BCUT2D eigenvalue weighted by atomic mass is 16.4. The molecule has 2 N–H and O–H groups in total. The molecule has 0 aliphatic carbocycles. The first-order valence-electron chi connectivity index (χ1n) is 7.33. The van der Waals surface area contributed by atoms with E-state index >= 15 is 0 Å². The Labute approximate surface area is 133 Å². The normalized spacial score (nSPS) is 10.6. The molecule has 3 rings (SSSR count). The fourth-order valence-electron chi connectivity index (χ4n) is 2.34. The van der Waals surface area contributed by atoms with Crippen LogP contribution >= 0.6 is 0 Å². The van der Waals surface area contributed by atoms with Gasteiger partial charge in [0.1, 0.15) is 18.8 Å². The van der Waals surface area contributed by atoms with Gasteiger partial charge in [0.15, 0.2) is 5.76 Å². The number of aromatic carboxylic acids is 1. The first-order chi connectivity index (χ1) is 11.2. The SMILES string of the molecule is O=C([O-])c1cccc(-c2ccc(C[NH2+]Cc3cccnc3)o2)c1. The van der Waals surface area contributed by atoms with Crippen molar-refractivity contribution in [1.82, 2.24) is 4.98 Å². The van der Waals surface area contributed by atoms with Crippen LogP contribution in [0.4, 0.5) is 0 Å². The summed E-state index contributed by atoms with van der Waals surface area (Å²) < 4.78 is 5.78. The zero-order valence-electron chi connectivity index (χ0n) is 12.4. The van der Waals surface area contributed by atoms with Crippen molar-refractivity contribution in [3.63, 3.8) is 0 Å². The number of rotatable bonds is 6. The predicted octanol–water partition coefficient (Wildman–Crippen LogP) is 0.969. The summed E-state index contributed by atoms with van der Waals surface area (Å²) in [4.78, 5) is 15.0. The van der Waals surface area contributed by atoms with E-state index in [2.05, 4.69) is 10.3 Å². The Morgan fingerprint density at radius 2 is 2.04 bits per heavy atom. The lowest BCUT2D eigenvalue weighted by Gasteiger charge is -2.04. The average Bonchev–Trinajstić information content (AvgIpc) is 3.05. The van der Waals surface area contributed by atoms with Crippen molar-refractivity contribution in [1.29, 1.82) is 0 Å². The van der Waals surface area contributed by atoms with Gasteiger partial charge in [0.05, 0.1) is 5.97 Å². The number of carboxylic acid groups (broad SMARTS) is 1. The Bertz CT molecular complexity index is 797. The highest BCUT2D eigenvalue weighted by Crippen LogP contribution is 2.22. The molecule has 116 valence electrons. The van der Waals surface area contributed by atoms with Crippen molar-refractivity contribution in [3.05, 3.63) is 77.8 Å². The van der Waals surface area contributed by atoms with Crippen LogP contribution in [0.5, 0.6) is 0 Å². The van der Waals surface area contributed by atoms with E-state index in [1.165, 1.54) is 6.07 Å². The molecule has 23 heavy (non-hydrogen) atoms. The van der Waals surface area contributed by atoms with Gasteiger partial charge in [-0.15, -0.1) is 0 Å². The fraction of sp³-hybridized carbons (Fsp3) is 0.111. The van der Waals surface area contributed by atoms with Gasteiger partial charge in [0.25, 0.3) is 0 Å². The zero-order chi connectivity index (χ0) is 16.1. The molecular formula is C18H16N2O3. The van der Waals surface area contributed by atoms with Crippen LogP contribution in [0.2, 0.25) is 0 Å². The van der Waals surface area contributed by atoms with Crippen LogP contribution in [0.1, 0.15) is 21.7 Å². The van der Waals surface area contributed by atoms with E-state index in [-0.39, 0.29) is 5.56 Å². The van der Waals surface area contributed by atoms with Crippen molar-refractivity contribution in [2.24, 2.45) is 0 Å². The van der Waals surface area contributed by atoms with Gasteiger partial charge in [-0.05, 0) is 29.8 Å². The molecule has 0 fully saturated rings. The molecule has 2 heterocycles. The van der Waals surface area contributed by atoms with Crippen molar-refractivity contribution in [2.45, 2.75) is 13.1 Å². The maximum Gasteiger partial charge on any atom is 0.158 e. The van der Waals surface area contributed by atoms with Gasteiger partial charge in [0, 0.05) is 23.5 Å². The maximum absolute atomic E-state index is 10.9. The molecule has 5 heteroatoms. The first-order valence-corrected chi connectivity index (χ1v) is 7.33. The van der Waals surface area contributed by atoms with Gasteiger partial charge in [-0.25, -0.2) is 0 Å². The third kappa shape index (κ3) is 3.84. The van der Waals surface area contributed by atoms with E-state index in [1.807, 2.05) is 36.5 Å². The van der Waals surface area contributed by atoms with Crippen LogP contribution in [-0.2, 0) is 13.1 Å². The lowest BCUT2D eigenvalue weighted by molar-refractivity contribution is -0.688. The second-order valence-corrected chi connectivity index (χ2v) is 5.19. The van der Waals surface area contributed by atoms with Gasteiger partial charge in [-0.1, -0.05) is 24.3 Å². The van der Waals surface area contributed by atoms with E-state index in [9.17, 15) is 9.90 Å². The summed E-state index contributed by atoms with van der Waals surface area (Å²) in [5, 5.41) is 13.0. The summed E-state index contributed by atoms with van der Waals surface area (Å²) in [5.74, 6) is 0.295. The summed E-state index contributed by atoms with van der Waals surface area (Å²) >= 11 is 0. The lowest BCUT2D eigenvalue weighted by atomic mass is 10.1. The van der Waals surface area contributed by atoms with Crippen LogP contribution in [0.25, 0.3) is 11.3 Å². The van der Waals surface area contributed by atoms with E-state index in [0.29, 0.717) is 12.3 Å². The summed E-state index contributed by atoms with van der Waals surface area (Å²) in [6, 6.07) is 14.2. The number of nitrogens with two attached hydrogens (primary N) is 1. The molecule has 0 aliphatic rings. The molecule has 0 saturated carbocycles. The number of quaternary nitrogens is 1. The van der Waals surface area contributed by atoms with Crippen LogP contribution in [0.3, 0.4) is 0 Å². The Kier molecular flexibility index (Phi) is 4.49. The standard InChI is InChI=1S/C18H16N2O3/c21-18(22)15-5-1-4-14(9-15)17-7-6-16(23-17)12-20-11-13-3-2-8-19-10-13/h1-10,20H,11-12H2,(H,21,22). The molecule has 3 aromatic rings. The van der Waals surface area contributed by atoms with Crippen molar-refractivity contribution >= 4 is 5.97 Å². The molecule has 0 bridgehead atoms. The molecule has 2 aromatic heterocycles. The summed E-state index contributed by atoms with van der Waals surface area (Å²) in [6.07, 6.45) is 3.60. The molecule has 0 atom stereocenters. The van der Waals surface area contributed by atoms with Crippen LogP contribution in [0.15, 0.2) is 65.3 Å². The number of nitrogens with zero attached hydrogens (tertiary/aromatic N) is 1. The fourth-order valence-corrected chi connectivity index (χ4v) is 2.34. The number of carboxylic acids is 1. The minimum atomic E-state index is -1.19. The highest BCUT2D eigenvalue weighted by molar-refractivity contribution is 5.87. The van der Waals surface area contributed by atoms with Crippen molar-refractivity contribution in [3.8, 4) is 11.3 Å². The largest absolute Gasteiger partial charge is 0.545 e. The third-order valence-corrected chi connectivity index (χ3v) is 3.49. The van der Waals surface area contributed by atoms with Gasteiger partial charge >= 0.3 is 0 Å². The number of pyridine rings is 1. The van der Waals surface area contributed by atoms with Crippen molar-refractivity contribution in [2.75, 3.05) is 0 Å². The predicted molar refractivity (Wildman–Crippen MR) is 82.0 cm³/mol. The lowest BCUT2D eigenvalue weighted by Crippen LogP contribution is -2.80. The van der Waals surface area contributed by atoms with E-state index in [1.54, 1.807) is 18.3 Å². The van der Waals surface area contributed by atoms with E-state index in [0.717, 1.165) is 23.4 Å². The molecule has 0 unspecified atom stereocenters. The van der Waals surface area contributed by atoms with Crippen LogP contribution in [0, 0.1) is 0 Å². The maximum atomic E-state index is 10.9. The third-order valence-electron chi connectivity index (χ3n) is 3.49. The monoisotopic (exact) mass is 308 g/mol. The highest BCUT2D eigenvalue weighted by Gasteiger charge is 2.07. The second-order valence-electron chi connectivity index (χ2n) is 5.19. The minimum absolute atomic E-state index is 0.142. The van der Waals surface area contributed by atoms with Crippen LogP contribution < -0.4 is 10.4 Å². The number of hydrogen-bond acceptors (Lipinski definition) is 4. The van der Waals surface area contributed by atoms with Gasteiger partial charge in [-0.2, -0.15) is 0 Å².